The first-order chi connectivity index (χ1) is 8.67. The quantitative estimate of drug-likeness (QED) is 0.588. The number of hydrogen-bond acceptors (Lipinski definition) is 4. The summed E-state index contributed by atoms with van der Waals surface area (Å²) in [5, 5.41) is 0.711. The van der Waals surface area contributed by atoms with Crippen LogP contribution >= 0.6 is 17.1 Å². The average Bonchev–Trinajstić information content (AvgIpc) is 2.96. The minimum atomic E-state index is -2.08. The van der Waals surface area contributed by atoms with Crippen molar-refractivity contribution in [2.24, 2.45) is 11.8 Å². The molecular weight excluding hydrogens is 283 g/mol. The minimum absolute atomic E-state index is 0.711. The molecule has 106 valence electrons. The molecule has 3 unspecified atom stereocenters. The van der Waals surface area contributed by atoms with Gasteiger partial charge in [-0.15, -0.1) is 0 Å². The topological polar surface area (TPSA) is 18.5 Å². The van der Waals surface area contributed by atoms with Crippen LogP contribution in [0.5, 0.6) is 0 Å². The average molecular weight is 308 g/mol. The molecular formula is C13H25O2PS2. The van der Waals surface area contributed by atoms with E-state index in [0.717, 1.165) is 37.9 Å². The van der Waals surface area contributed by atoms with E-state index in [-0.39, 0.29) is 0 Å². The molecule has 0 aromatic rings. The van der Waals surface area contributed by atoms with Crippen LogP contribution in [0, 0.1) is 11.8 Å². The molecule has 5 heteroatoms. The fourth-order valence-corrected chi connectivity index (χ4v) is 9.13. The van der Waals surface area contributed by atoms with Crippen LogP contribution in [0.2, 0.25) is 0 Å². The van der Waals surface area contributed by atoms with Crippen LogP contribution in [0.4, 0.5) is 0 Å². The summed E-state index contributed by atoms with van der Waals surface area (Å²) in [6, 6.07) is 0. The normalized spacial score (nSPS) is 31.1. The van der Waals surface area contributed by atoms with E-state index in [0.29, 0.717) is 5.25 Å². The Labute approximate surface area is 120 Å². The Morgan fingerprint density at radius 1 is 1.11 bits per heavy atom. The molecule has 0 N–H and O–H groups in total. The summed E-state index contributed by atoms with van der Waals surface area (Å²) in [7, 11) is 0. The van der Waals surface area contributed by atoms with Crippen molar-refractivity contribution in [1.29, 1.82) is 0 Å². The van der Waals surface area contributed by atoms with Gasteiger partial charge < -0.3 is 9.05 Å². The standard InChI is InChI=1S/C13H25O2PS2/c1-3-7-14-16(17,15-8-4-2)18-13-10-11-5-6-12(13)9-11/h11-13H,3-10H2,1-2H3. The second kappa shape index (κ2) is 7.08. The van der Waals surface area contributed by atoms with Gasteiger partial charge >= 0.3 is 0 Å². The van der Waals surface area contributed by atoms with E-state index in [1.807, 2.05) is 11.4 Å². The molecule has 2 saturated carbocycles. The first kappa shape index (κ1) is 15.3. The van der Waals surface area contributed by atoms with Gasteiger partial charge in [-0.1, -0.05) is 31.7 Å². The summed E-state index contributed by atoms with van der Waals surface area (Å²) >= 11 is 7.59. The van der Waals surface area contributed by atoms with Crippen LogP contribution in [-0.4, -0.2) is 18.5 Å². The molecule has 3 atom stereocenters. The van der Waals surface area contributed by atoms with Crippen LogP contribution in [0.25, 0.3) is 0 Å². The summed E-state index contributed by atoms with van der Waals surface area (Å²) in [6.45, 7) is 5.74. The van der Waals surface area contributed by atoms with E-state index in [1.54, 1.807) is 0 Å². The highest BCUT2D eigenvalue weighted by Gasteiger charge is 2.42. The molecule has 2 bridgehead atoms. The first-order valence-electron chi connectivity index (χ1n) is 7.24. The zero-order valence-corrected chi connectivity index (χ0v) is 14.0. The molecule has 0 aliphatic heterocycles. The smallest absolute Gasteiger partial charge is 0.247 e. The molecule has 0 radical (unpaired) electrons. The molecule has 0 saturated heterocycles. The van der Waals surface area contributed by atoms with Gasteiger partial charge in [-0.05, 0) is 55.7 Å². The van der Waals surface area contributed by atoms with Gasteiger partial charge in [0.2, 0.25) is 5.69 Å². The molecule has 0 aromatic heterocycles. The van der Waals surface area contributed by atoms with Crippen molar-refractivity contribution in [3.63, 3.8) is 0 Å². The molecule has 0 amide bonds. The second-order valence-electron chi connectivity index (χ2n) is 5.43. The van der Waals surface area contributed by atoms with Crippen molar-refractivity contribution < 1.29 is 9.05 Å². The molecule has 0 aromatic carbocycles. The van der Waals surface area contributed by atoms with Gasteiger partial charge in [0.15, 0.2) is 0 Å². The van der Waals surface area contributed by atoms with Crippen molar-refractivity contribution in [2.75, 3.05) is 13.2 Å². The molecule has 0 spiro atoms. The third-order valence-electron chi connectivity index (χ3n) is 3.84. The van der Waals surface area contributed by atoms with Crippen LogP contribution in [0.15, 0.2) is 0 Å². The summed E-state index contributed by atoms with van der Waals surface area (Å²) in [5.41, 5.74) is -2.08. The number of hydrogen-bond donors (Lipinski definition) is 0. The largest absolute Gasteiger partial charge is 0.322 e. The second-order valence-corrected chi connectivity index (χ2v) is 11.9. The third-order valence-corrected chi connectivity index (χ3v) is 9.58. The molecule has 18 heavy (non-hydrogen) atoms. The Balaban J connectivity index is 1.89. The zero-order valence-electron chi connectivity index (χ0n) is 11.5. The van der Waals surface area contributed by atoms with Crippen molar-refractivity contribution in [2.45, 2.75) is 57.6 Å². The maximum atomic E-state index is 5.92. The van der Waals surface area contributed by atoms with E-state index in [4.69, 9.17) is 20.9 Å². The summed E-state index contributed by atoms with van der Waals surface area (Å²) < 4.78 is 11.8. The Bertz CT molecular complexity index is 299. The van der Waals surface area contributed by atoms with Crippen molar-refractivity contribution in [1.82, 2.24) is 0 Å². The molecule has 0 heterocycles. The highest BCUT2D eigenvalue weighted by Crippen LogP contribution is 2.67. The van der Waals surface area contributed by atoms with Crippen molar-refractivity contribution >= 4 is 28.9 Å². The van der Waals surface area contributed by atoms with Gasteiger partial charge in [0.25, 0.3) is 0 Å². The van der Waals surface area contributed by atoms with Gasteiger partial charge in [0.05, 0.1) is 13.2 Å². The van der Waals surface area contributed by atoms with Gasteiger partial charge in [0.1, 0.15) is 0 Å². The minimum Gasteiger partial charge on any atom is -0.322 e. The summed E-state index contributed by atoms with van der Waals surface area (Å²) in [6.07, 6.45) is 7.65. The molecule has 2 fully saturated rings. The Kier molecular flexibility index (Phi) is 6.02. The zero-order chi connectivity index (χ0) is 13.0. The fourth-order valence-electron chi connectivity index (χ4n) is 2.99. The predicted octanol–water partition coefficient (Wildman–Crippen LogP) is 4.99. The van der Waals surface area contributed by atoms with Gasteiger partial charge in [-0.25, -0.2) is 0 Å². The Morgan fingerprint density at radius 3 is 2.22 bits per heavy atom. The summed E-state index contributed by atoms with van der Waals surface area (Å²) in [4.78, 5) is 0. The van der Waals surface area contributed by atoms with E-state index >= 15 is 0 Å². The molecule has 2 nitrogen and oxygen atoms in total. The molecule has 2 aliphatic carbocycles. The van der Waals surface area contributed by atoms with E-state index in [2.05, 4.69) is 13.8 Å². The molecule has 2 rings (SSSR count). The highest BCUT2D eigenvalue weighted by molar-refractivity contribution is 8.68. The SMILES string of the molecule is CCCOP(=S)(OCCC)SC1CC2CCC1C2. The Hall–Kier alpha value is 0.920. The predicted molar refractivity (Wildman–Crippen MR) is 83.6 cm³/mol. The van der Waals surface area contributed by atoms with E-state index < -0.39 is 5.69 Å². The van der Waals surface area contributed by atoms with Crippen LogP contribution in [-0.2, 0) is 20.9 Å². The number of rotatable bonds is 8. The number of fused-ring (bicyclic) bond motifs is 2. The fraction of sp³-hybridized carbons (Fsp3) is 1.00. The third kappa shape index (κ3) is 3.96. The van der Waals surface area contributed by atoms with E-state index in [9.17, 15) is 0 Å². The lowest BCUT2D eigenvalue weighted by Crippen LogP contribution is -2.13. The van der Waals surface area contributed by atoms with E-state index in [1.165, 1.54) is 25.7 Å². The summed E-state index contributed by atoms with van der Waals surface area (Å²) in [5.74, 6) is 1.85. The van der Waals surface area contributed by atoms with Crippen molar-refractivity contribution in [3.05, 3.63) is 0 Å². The van der Waals surface area contributed by atoms with Crippen LogP contribution in [0.3, 0.4) is 0 Å². The maximum absolute atomic E-state index is 5.92. The lowest BCUT2D eigenvalue weighted by molar-refractivity contribution is 0.259. The highest BCUT2D eigenvalue weighted by atomic mass is 32.9. The van der Waals surface area contributed by atoms with Crippen LogP contribution in [0.1, 0.15) is 52.4 Å². The Morgan fingerprint density at radius 2 is 1.78 bits per heavy atom. The monoisotopic (exact) mass is 308 g/mol. The van der Waals surface area contributed by atoms with Gasteiger partial charge in [-0.2, -0.15) is 0 Å². The maximum Gasteiger partial charge on any atom is 0.247 e. The van der Waals surface area contributed by atoms with Crippen molar-refractivity contribution in [3.8, 4) is 0 Å². The lowest BCUT2D eigenvalue weighted by Gasteiger charge is -2.28. The van der Waals surface area contributed by atoms with Gasteiger partial charge in [0, 0.05) is 5.25 Å². The van der Waals surface area contributed by atoms with Gasteiger partial charge in [-0.3, -0.25) is 0 Å². The molecule has 2 aliphatic rings. The lowest BCUT2D eigenvalue weighted by atomic mass is 10.0. The first-order valence-corrected chi connectivity index (χ1v) is 11.4. The van der Waals surface area contributed by atoms with Crippen LogP contribution < -0.4 is 0 Å².